The standard InChI is InChI=1S/C29H24BrN3O4S/c1-17-3-5-21(11-18(17)2)33-28(34)24(31-29(33)38)12-19-15-32(25-7-4-20(30)13-23(19)25)9-10-35-22-6-8-26-27(14-22)37-16-36-26/h3-8,11-15H,9-10,16H2,1-2H3,(H,31,38)/b24-12-. The van der Waals surface area contributed by atoms with Gasteiger partial charge in [0, 0.05) is 33.2 Å². The molecule has 3 aromatic carbocycles. The molecular weight excluding hydrogens is 566 g/mol. The lowest BCUT2D eigenvalue weighted by Gasteiger charge is -2.15. The number of carbonyl (C=O) groups excluding carboxylic acids is 1. The Hall–Kier alpha value is -3.82. The van der Waals surface area contributed by atoms with Gasteiger partial charge < -0.3 is 24.1 Å². The third kappa shape index (κ3) is 4.52. The molecule has 3 heterocycles. The monoisotopic (exact) mass is 589 g/mol. The number of anilines is 1. The van der Waals surface area contributed by atoms with Crippen molar-refractivity contribution in [3.05, 3.63) is 87.7 Å². The molecule has 1 aromatic heterocycles. The van der Waals surface area contributed by atoms with Crippen LogP contribution in [0.5, 0.6) is 17.2 Å². The van der Waals surface area contributed by atoms with Crippen molar-refractivity contribution in [3.63, 3.8) is 0 Å². The minimum Gasteiger partial charge on any atom is -0.492 e. The largest absolute Gasteiger partial charge is 0.492 e. The second-order valence-corrected chi connectivity index (χ2v) is 10.5. The van der Waals surface area contributed by atoms with Crippen molar-refractivity contribution in [2.75, 3.05) is 18.3 Å². The molecule has 0 aliphatic carbocycles. The summed E-state index contributed by atoms with van der Waals surface area (Å²) in [5.41, 5.74) is 5.40. The lowest BCUT2D eigenvalue weighted by Crippen LogP contribution is -2.30. The van der Waals surface area contributed by atoms with Gasteiger partial charge in [-0.2, -0.15) is 0 Å². The number of hydrogen-bond donors (Lipinski definition) is 1. The smallest absolute Gasteiger partial charge is 0.281 e. The van der Waals surface area contributed by atoms with Crippen LogP contribution in [0.3, 0.4) is 0 Å². The third-order valence-corrected chi connectivity index (χ3v) is 7.52. The van der Waals surface area contributed by atoms with Crippen LogP contribution >= 0.6 is 28.1 Å². The van der Waals surface area contributed by atoms with Gasteiger partial charge in [0.2, 0.25) is 6.79 Å². The first-order chi connectivity index (χ1) is 18.4. The van der Waals surface area contributed by atoms with Crippen molar-refractivity contribution in [1.29, 1.82) is 0 Å². The summed E-state index contributed by atoms with van der Waals surface area (Å²) in [6.45, 7) is 5.37. The van der Waals surface area contributed by atoms with Crippen molar-refractivity contribution in [2.24, 2.45) is 0 Å². The van der Waals surface area contributed by atoms with E-state index in [1.54, 1.807) is 4.90 Å². The Bertz CT molecular complexity index is 1640. The van der Waals surface area contributed by atoms with Gasteiger partial charge in [0.15, 0.2) is 16.6 Å². The molecule has 0 unspecified atom stereocenters. The molecule has 9 heteroatoms. The molecule has 192 valence electrons. The van der Waals surface area contributed by atoms with Gasteiger partial charge in [-0.05, 0) is 85.7 Å². The van der Waals surface area contributed by atoms with E-state index in [4.69, 9.17) is 26.4 Å². The summed E-state index contributed by atoms with van der Waals surface area (Å²) in [5, 5.41) is 4.49. The minimum atomic E-state index is -0.180. The molecule has 0 spiro atoms. The number of hydrogen-bond acceptors (Lipinski definition) is 5. The van der Waals surface area contributed by atoms with Crippen molar-refractivity contribution in [2.45, 2.75) is 20.4 Å². The summed E-state index contributed by atoms with van der Waals surface area (Å²) >= 11 is 9.11. The maximum absolute atomic E-state index is 13.4. The zero-order chi connectivity index (χ0) is 26.4. The molecule has 2 aliphatic rings. The fourth-order valence-electron chi connectivity index (χ4n) is 4.62. The summed E-state index contributed by atoms with van der Waals surface area (Å²) in [5.74, 6) is 1.95. The van der Waals surface area contributed by atoms with Crippen LogP contribution in [0.25, 0.3) is 17.0 Å². The van der Waals surface area contributed by atoms with E-state index in [-0.39, 0.29) is 12.7 Å². The lowest BCUT2D eigenvalue weighted by molar-refractivity contribution is -0.113. The number of rotatable bonds is 6. The molecule has 1 saturated heterocycles. The van der Waals surface area contributed by atoms with E-state index < -0.39 is 0 Å². The second kappa shape index (κ2) is 9.81. The van der Waals surface area contributed by atoms with Gasteiger partial charge in [-0.1, -0.05) is 22.0 Å². The van der Waals surface area contributed by atoms with E-state index in [9.17, 15) is 4.79 Å². The first-order valence-corrected chi connectivity index (χ1v) is 13.3. The van der Waals surface area contributed by atoms with Crippen LogP contribution in [0.2, 0.25) is 0 Å². The molecule has 1 fully saturated rings. The Morgan fingerprint density at radius 1 is 1.05 bits per heavy atom. The van der Waals surface area contributed by atoms with Crippen LogP contribution < -0.4 is 24.4 Å². The fraction of sp³-hybridized carbons (Fsp3) is 0.172. The molecule has 6 rings (SSSR count). The predicted molar refractivity (Wildman–Crippen MR) is 155 cm³/mol. The highest BCUT2D eigenvalue weighted by Crippen LogP contribution is 2.35. The average Bonchev–Trinajstić information content (AvgIpc) is 3.57. The van der Waals surface area contributed by atoms with Crippen molar-refractivity contribution < 1.29 is 19.0 Å². The van der Waals surface area contributed by atoms with Gasteiger partial charge in [0.25, 0.3) is 5.91 Å². The van der Waals surface area contributed by atoms with Crippen LogP contribution in [0.15, 0.2) is 71.0 Å². The predicted octanol–water partition coefficient (Wildman–Crippen LogP) is 6.09. The van der Waals surface area contributed by atoms with E-state index in [1.807, 2.05) is 68.6 Å². The van der Waals surface area contributed by atoms with Gasteiger partial charge in [0.05, 0.1) is 12.2 Å². The van der Waals surface area contributed by atoms with Gasteiger partial charge >= 0.3 is 0 Å². The highest BCUT2D eigenvalue weighted by molar-refractivity contribution is 9.10. The molecule has 4 aromatic rings. The van der Waals surface area contributed by atoms with Gasteiger partial charge in [-0.25, -0.2) is 0 Å². The summed E-state index contributed by atoms with van der Waals surface area (Å²) in [6.07, 6.45) is 3.89. The summed E-state index contributed by atoms with van der Waals surface area (Å²) < 4.78 is 19.9. The molecule has 1 N–H and O–H groups in total. The maximum atomic E-state index is 13.4. The Morgan fingerprint density at radius 2 is 1.89 bits per heavy atom. The Kier molecular flexibility index (Phi) is 6.33. The van der Waals surface area contributed by atoms with Gasteiger partial charge in [-0.15, -0.1) is 0 Å². The second-order valence-electron chi connectivity index (χ2n) is 9.20. The molecule has 1 amide bonds. The Balaban J connectivity index is 1.26. The number of carbonyl (C=O) groups is 1. The van der Waals surface area contributed by atoms with E-state index in [0.29, 0.717) is 29.7 Å². The third-order valence-electron chi connectivity index (χ3n) is 6.75. The number of fused-ring (bicyclic) bond motifs is 2. The number of aromatic nitrogens is 1. The lowest BCUT2D eigenvalue weighted by atomic mass is 10.1. The SMILES string of the molecule is Cc1ccc(N2C(=O)/C(=C/c3cn(CCOc4ccc5c(c4)OCO5)c4ccc(Br)cc34)NC2=S)cc1C. The fourth-order valence-corrected chi connectivity index (χ4v) is 5.27. The molecule has 0 atom stereocenters. The number of aryl methyl sites for hydroxylation is 2. The number of ether oxygens (including phenoxy) is 3. The van der Waals surface area contributed by atoms with E-state index in [2.05, 4.69) is 37.9 Å². The number of amides is 1. The van der Waals surface area contributed by atoms with Crippen LogP contribution in [-0.2, 0) is 11.3 Å². The van der Waals surface area contributed by atoms with Crippen LogP contribution in [-0.4, -0.2) is 29.0 Å². The molecule has 38 heavy (non-hydrogen) atoms. The number of nitrogens with zero attached hydrogens (tertiary/aromatic N) is 2. The molecule has 7 nitrogen and oxygen atoms in total. The number of thiocarbonyl (C=S) groups is 1. The topological polar surface area (TPSA) is 65.0 Å². The number of halogens is 1. The summed E-state index contributed by atoms with van der Waals surface area (Å²) in [6, 6.07) is 17.6. The first kappa shape index (κ1) is 24.5. The van der Waals surface area contributed by atoms with E-state index in [1.165, 1.54) is 0 Å². The number of nitrogens with one attached hydrogen (secondary N) is 1. The number of benzene rings is 3. The zero-order valence-electron chi connectivity index (χ0n) is 20.8. The van der Waals surface area contributed by atoms with Crippen LogP contribution in [0.1, 0.15) is 16.7 Å². The van der Waals surface area contributed by atoms with Gasteiger partial charge in [-0.3, -0.25) is 9.69 Å². The Morgan fingerprint density at radius 3 is 2.74 bits per heavy atom. The first-order valence-electron chi connectivity index (χ1n) is 12.1. The average molecular weight is 590 g/mol. The maximum Gasteiger partial charge on any atom is 0.281 e. The molecule has 2 aliphatic heterocycles. The zero-order valence-corrected chi connectivity index (χ0v) is 23.2. The highest BCUT2D eigenvalue weighted by atomic mass is 79.9. The minimum absolute atomic E-state index is 0.180. The molecule has 0 saturated carbocycles. The summed E-state index contributed by atoms with van der Waals surface area (Å²) in [7, 11) is 0. The summed E-state index contributed by atoms with van der Waals surface area (Å²) in [4.78, 5) is 14.9. The quantitative estimate of drug-likeness (QED) is 0.217. The van der Waals surface area contributed by atoms with Crippen molar-refractivity contribution in [1.82, 2.24) is 9.88 Å². The normalized spacial score (nSPS) is 15.6. The van der Waals surface area contributed by atoms with Crippen molar-refractivity contribution >= 4 is 61.8 Å². The van der Waals surface area contributed by atoms with E-state index >= 15 is 0 Å². The van der Waals surface area contributed by atoms with Crippen LogP contribution in [0.4, 0.5) is 5.69 Å². The van der Waals surface area contributed by atoms with Crippen molar-refractivity contribution in [3.8, 4) is 17.2 Å². The van der Waals surface area contributed by atoms with Crippen LogP contribution in [0, 0.1) is 13.8 Å². The molecule has 0 radical (unpaired) electrons. The van der Waals surface area contributed by atoms with Gasteiger partial charge in [0.1, 0.15) is 18.1 Å². The molecular formula is C29H24BrN3O4S. The van der Waals surface area contributed by atoms with E-state index in [0.717, 1.165) is 49.3 Å². The molecule has 0 bridgehead atoms. The highest BCUT2D eigenvalue weighted by Gasteiger charge is 2.32. The Labute approximate surface area is 233 Å².